The van der Waals surface area contributed by atoms with Crippen LogP contribution in [0, 0.1) is 6.92 Å². The van der Waals surface area contributed by atoms with Crippen molar-refractivity contribution in [2.75, 3.05) is 7.05 Å². The number of hydrogen-bond acceptors (Lipinski definition) is 2. The number of rotatable bonds is 2. The standard InChI is InChI=1S/C12H14N2/c1-9-5-6-14-12-4-3-10(8-13-2)7-11(9)12/h3-7,13H,8H2,1-2H3. The Morgan fingerprint density at radius 2 is 2.14 bits per heavy atom. The van der Waals surface area contributed by atoms with Crippen molar-refractivity contribution in [1.82, 2.24) is 10.3 Å². The van der Waals surface area contributed by atoms with Crippen LogP contribution in [0.25, 0.3) is 10.9 Å². The Morgan fingerprint density at radius 3 is 2.93 bits per heavy atom. The molecule has 0 aliphatic rings. The number of aromatic nitrogens is 1. The molecular formula is C12H14N2. The first-order valence-corrected chi connectivity index (χ1v) is 4.80. The highest BCUT2D eigenvalue weighted by Crippen LogP contribution is 2.17. The molecule has 0 saturated carbocycles. The van der Waals surface area contributed by atoms with Gasteiger partial charge in [0.1, 0.15) is 0 Å². The molecule has 1 N–H and O–H groups in total. The van der Waals surface area contributed by atoms with Gasteiger partial charge in [-0.2, -0.15) is 0 Å². The number of nitrogens with zero attached hydrogens (tertiary/aromatic N) is 1. The van der Waals surface area contributed by atoms with Crippen LogP contribution < -0.4 is 5.32 Å². The highest BCUT2D eigenvalue weighted by Gasteiger charge is 1.98. The Balaban J connectivity index is 2.58. The van der Waals surface area contributed by atoms with E-state index in [1.54, 1.807) is 0 Å². The second-order valence-corrected chi connectivity index (χ2v) is 3.51. The fourth-order valence-electron chi connectivity index (χ4n) is 1.64. The molecule has 0 spiro atoms. The Kier molecular flexibility index (Phi) is 2.46. The minimum Gasteiger partial charge on any atom is -0.316 e. The van der Waals surface area contributed by atoms with Crippen LogP contribution in [0.15, 0.2) is 30.5 Å². The molecule has 1 heterocycles. The van der Waals surface area contributed by atoms with Crippen LogP contribution in [-0.4, -0.2) is 12.0 Å². The topological polar surface area (TPSA) is 24.9 Å². The lowest BCUT2D eigenvalue weighted by Gasteiger charge is -2.04. The van der Waals surface area contributed by atoms with E-state index in [2.05, 4.69) is 35.4 Å². The van der Waals surface area contributed by atoms with E-state index in [-0.39, 0.29) is 0 Å². The summed E-state index contributed by atoms with van der Waals surface area (Å²) in [5.74, 6) is 0. The fraction of sp³-hybridized carbons (Fsp3) is 0.250. The Hall–Kier alpha value is -1.41. The van der Waals surface area contributed by atoms with Gasteiger partial charge in [-0.05, 0) is 43.3 Å². The molecule has 1 aromatic carbocycles. The van der Waals surface area contributed by atoms with Gasteiger partial charge in [0.15, 0.2) is 0 Å². The van der Waals surface area contributed by atoms with Gasteiger partial charge in [-0.25, -0.2) is 0 Å². The molecule has 1 aromatic heterocycles. The van der Waals surface area contributed by atoms with Crippen LogP contribution >= 0.6 is 0 Å². The molecule has 0 aliphatic carbocycles. The fourth-order valence-corrected chi connectivity index (χ4v) is 1.64. The van der Waals surface area contributed by atoms with Crippen molar-refractivity contribution in [3.05, 3.63) is 41.6 Å². The van der Waals surface area contributed by atoms with Gasteiger partial charge in [0.05, 0.1) is 5.52 Å². The maximum absolute atomic E-state index is 4.32. The largest absolute Gasteiger partial charge is 0.316 e. The first-order valence-electron chi connectivity index (χ1n) is 4.80. The van der Waals surface area contributed by atoms with Crippen molar-refractivity contribution in [3.8, 4) is 0 Å². The van der Waals surface area contributed by atoms with Gasteiger partial charge in [0, 0.05) is 18.1 Å². The van der Waals surface area contributed by atoms with E-state index in [1.807, 2.05) is 19.3 Å². The molecule has 0 radical (unpaired) electrons. The lowest BCUT2D eigenvalue weighted by atomic mass is 10.1. The molecule has 0 atom stereocenters. The molecule has 2 aromatic rings. The first-order chi connectivity index (χ1) is 6.81. The zero-order chi connectivity index (χ0) is 9.97. The van der Waals surface area contributed by atoms with Gasteiger partial charge < -0.3 is 5.32 Å². The number of nitrogens with one attached hydrogen (secondary N) is 1. The van der Waals surface area contributed by atoms with Crippen molar-refractivity contribution in [1.29, 1.82) is 0 Å². The average molecular weight is 186 g/mol. The molecule has 0 aliphatic heterocycles. The molecule has 2 nitrogen and oxygen atoms in total. The summed E-state index contributed by atoms with van der Waals surface area (Å²) in [5.41, 5.74) is 3.66. The third-order valence-electron chi connectivity index (χ3n) is 2.40. The van der Waals surface area contributed by atoms with Crippen molar-refractivity contribution in [2.24, 2.45) is 0 Å². The molecule has 2 rings (SSSR count). The summed E-state index contributed by atoms with van der Waals surface area (Å²) in [5, 5.41) is 4.40. The third kappa shape index (κ3) is 1.61. The van der Waals surface area contributed by atoms with Gasteiger partial charge in [-0.3, -0.25) is 4.98 Å². The molecule has 72 valence electrons. The lowest BCUT2D eigenvalue weighted by Crippen LogP contribution is -2.04. The second-order valence-electron chi connectivity index (χ2n) is 3.51. The Bertz CT molecular complexity index is 449. The van der Waals surface area contributed by atoms with E-state index in [9.17, 15) is 0 Å². The molecule has 0 saturated heterocycles. The average Bonchev–Trinajstić information content (AvgIpc) is 2.20. The van der Waals surface area contributed by atoms with Gasteiger partial charge in [0.2, 0.25) is 0 Å². The van der Waals surface area contributed by atoms with E-state index in [0.717, 1.165) is 12.1 Å². The van der Waals surface area contributed by atoms with Gasteiger partial charge in [0.25, 0.3) is 0 Å². The van der Waals surface area contributed by atoms with Crippen LogP contribution in [0.5, 0.6) is 0 Å². The van der Waals surface area contributed by atoms with E-state index in [4.69, 9.17) is 0 Å². The van der Waals surface area contributed by atoms with Crippen LogP contribution in [0.1, 0.15) is 11.1 Å². The normalized spacial score (nSPS) is 10.7. The van der Waals surface area contributed by atoms with E-state index >= 15 is 0 Å². The smallest absolute Gasteiger partial charge is 0.0704 e. The highest BCUT2D eigenvalue weighted by atomic mass is 14.8. The van der Waals surface area contributed by atoms with E-state index in [0.29, 0.717) is 0 Å². The van der Waals surface area contributed by atoms with Crippen LogP contribution in [0.3, 0.4) is 0 Å². The van der Waals surface area contributed by atoms with Crippen LogP contribution in [0.4, 0.5) is 0 Å². The number of aryl methyl sites for hydroxylation is 1. The van der Waals surface area contributed by atoms with E-state index < -0.39 is 0 Å². The van der Waals surface area contributed by atoms with Crippen molar-refractivity contribution >= 4 is 10.9 Å². The molecule has 2 heteroatoms. The van der Waals surface area contributed by atoms with Crippen LogP contribution in [0.2, 0.25) is 0 Å². The molecule has 0 amide bonds. The van der Waals surface area contributed by atoms with Crippen molar-refractivity contribution in [3.63, 3.8) is 0 Å². The SMILES string of the molecule is CNCc1ccc2nccc(C)c2c1. The molecule has 14 heavy (non-hydrogen) atoms. The number of fused-ring (bicyclic) bond motifs is 1. The summed E-state index contributed by atoms with van der Waals surface area (Å²) >= 11 is 0. The van der Waals surface area contributed by atoms with Gasteiger partial charge in [-0.1, -0.05) is 6.07 Å². The molecule has 0 fully saturated rings. The summed E-state index contributed by atoms with van der Waals surface area (Å²) in [4.78, 5) is 4.32. The number of benzene rings is 1. The minimum atomic E-state index is 0.907. The van der Waals surface area contributed by atoms with Crippen molar-refractivity contribution < 1.29 is 0 Å². The summed E-state index contributed by atoms with van der Waals surface area (Å²) in [6, 6.07) is 8.44. The van der Waals surface area contributed by atoms with E-state index in [1.165, 1.54) is 16.5 Å². The summed E-state index contributed by atoms with van der Waals surface area (Å²) in [6.45, 7) is 3.03. The summed E-state index contributed by atoms with van der Waals surface area (Å²) in [7, 11) is 1.96. The molecular weight excluding hydrogens is 172 g/mol. The zero-order valence-electron chi connectivity index (χ0n) is 8.54. The quantitative estimate of drug-likeness (QED) is 0.778. The van der Waals surface area contributed by atoms with Crippen molar-refractivity contribution in [2.45, 2.75) is 13.5 Å². The minimum absolute atomic E-state index is 0.907. The molecule has 0 unspecified atom stereocenters. The highest BCUT2D eigenvalue weighted by molar-refractivity contribution is 5.82. The zero-order valence-corrected chi connectivity index (χ0v) is 8.54. The monoisotopic (exact) mass is 186 g/mol. The summed E-state index contributed by atoms with van der Waals surface area (Å²) < 4.78 is 0. The Labute approximate surface area is 84.0 Å². The number of pyridine rings is 1. The van der Waals surface area contributed by atoms with Gasteiger partial charge in [-0.15, -0.1) is 0 Å². The second kappa shape index (κ2) is 3.76. The van der Waals surface area contributed by atoms with Gasteiger partial charge >= 0.3 is 0 Å². The predicted octanol–water partition coefficient (Wildman–Crippen LogP) is 2.26. The summed E-state index contributed by atoms with van der Waals surface area (Å²) in [6.07, 6.45) is 1.86. The maximum atomic E-state index is 4.32. The molecule has 0 bridgehead atoms. The lowest BCUT2D eigenvalue weighted by molar-refractivity contribution is 0.819. The maximum Gasteiger partial charge on any atom is 0.0704 e. The Morgan fingerprint density at radius 1 is 1.29 bits per heavy atom. The van der Waals surface area contributed by atoms with Crippen LogP contribution in [-0.2, 0) is 6.54 Å². The third-order valence-corrected chi connectivity index (χ3v) is 2.40. The predicted molar refractivity (Wildman–Crippen MR) is 59.2 cm³/mol. The first kappa shape index (κ1) is 9.16. The number of hydrogen-bond donors (Lipinski definition) is 1.